The molecule has 0 amide bonds. The lowest BCUT2D eigenvalue weighted by molar-refractivity contribution is 0.679. The van der Waals surface area contributed by atoms with Gasteiger partial charge in [0.25, 0.3) is 0 Å². The SMILES string of the molecule is Nc1cc(C2CCCC2)nn1-c1cccc(Br)c1. The monoisotopic (exact) mass is 305 g/mol. The predicted octanol–water partition coefficient (Wildman–Crippen LogP) is 3.87. The number of rotatable bonds is 2. The Bertz CT molecular complexity index is 556. The minimum absolute atomic E-state index is 0.598. The van der Waals surface area contributed by atoms with E-state index in [1.165, 1.54) is 25.7 Å². The predicted molar refractivity (Wildman–Crippen MR) is 76.9 cm³/mol. The highest BCUT2D eigenvalue weighted by Crippen LogP contribution is 2.34. The number of anilines is 1. The zero-order valence-electron chi connectivity index (χ0n) is 10.1. The number of halogens is 1. The summed E-state index contributed by atoms with van der Waals surface area (Å²) in [5.74, 6) is 1.32. The smallest absolute Gasteiger partial charge is 0.127 e. The molecular formula is C14H16BrN3. The summed E-state index contributed by atoms with van der Waals surface area (Å²) in [5.41, 5.74) is 8.23. The number of benzene rings is 1. The zero-order chi connectivity index (χ0) is 12.5. The maximum Gasteiger partial charge on any atom is 0.127 e. The van der Waals surface area contributed by atoms with Crippen molar-refractivity contribution in [2.45, 2.75) is 31.6 Å². The molecule has 1 heterocycles. The highest BCUT2D eigenvalue weighted by atomic mass is 79.9. The van der Waals surface area contributed by atoms with Crippen molar-refractivity contribution in [3.63, 3.8) is 0 Å². The first kappa shape index (κ1) is 11.8. The van der Waals surface area contributed by atoms with E-state index >= 15 is 0 Å². The minimum Gasteiger partial charge on any atom is -0.384 e. The quantitative estimate of drug-likeness (QED) is 0.915. The van der Waals surface area contributed by atoms with Crippen molar-refractivity contribution >= 4 is 21.7 Å². The lowest BCUT2D eigenvalue weighted by Gasteiger charge is -2.05. The fourth-order valence-electron chi connectivity index (χ4n) is 2.65. The summed E-state index contributed by atoms with van der Waals surface area (Å²) >= 11 is 3.48. The number of nitrogens with two attached hydrogens (primary N) is 1. The van der Waals surface area contributed by atoms with Gasteiger partial charge in [-0.3, -0.25) is 0 Å². The summed E-state index contributed by atoms with van der Waals surface area (Å²) < 4.78 is 2.87. The first-order chi connectivity index (χ1) is 8.74. The minimum atomic E-state index is 0.598. The van der Waals surface area contributed by atoms with Crippen LogP contribution in [0.25, 0.3) is 5.69 Å². The fraction of sp³-hybridized carbons (Fsp3) is 0.357. The second-order valence-electron chi connectivity index (χ2n) is 4.87. The van der Waals surface area contributed by atoms with Gasteiger partial charge in [-0.05, 0) is 31.0 Å². The van der Waals surface area contributed by atoms with Crippen molar-refractivity contribution in [1.82, 2.24) is 9.78 Å². The maximum atomic E-state index is 6.08. The van der Waals surface area contributed by atoms with Gasteiger partial charge in [0.2, 0.25) is 0 Å². The molecule has 3 rings (SSSR count). The van der Waals surface area contributed by atoms with Crippen molar-refractivity contribution in [2.24, 2.45) is 0 Å². The van der Waals surface area contributed by atoms with Crippen LogP contribution in [-0.2, 0) is 0 Å². The first-order valence-electron chi connectivity index (χ1n) is 6.35. The van der Waals surface area contributed by atoms with E-state index in [0.29, 0.717) is 5.92 Å². The Kier molecular flexibility index (Phi) is 3.12. The Morgan fingerprint density at radius 1 is 1.22 bits per heavy atom. The Morgan fingerprint density at radius 2 is 2.00 bits per heavy atom. The topological polar surface area (TPSA) is 43.8 Å². The molecule has 1 aliphatic carbocycles. The van der Waals surface area contributed by atoms with Gasteiger partial charge in [-0.25, -0.2) is 4.68 Å². The second kappa shape index (κ2) is 4.76. The average Bonchev–Trinajstić information content (AvgIpc) is 2.97. The molecule has 0 atom stereocenters. The molecule has 1 fully saturated rings. The molecule has 1 aliphatic rings. The summed E-state index contributed by atoms with van der Waals surface area (Å²) in [5, 5.41) is 4.67. The van der Waals surface area contributed by atoms with Gasteiger partial charge in [0, 0.05) is 16.5 Å². The molecule has 2 N–H and O–H groups in total. The Labute approximate surface area is 115 Å². The third-order valence-corrected chi connectivity index (χ3v) is 4.08. The van der Waals surface area contributed by atoms with Gasteiger partial charge in [-0.2, -0.15) is 5.10 Å². The normalized spacial score (nSPS) is 16.3. The van der Waals surface area contributed by atoms with Crippen LogP contribution in [0.3, 0.4) is 0 Å². The standard InChI is InChI=1S/C14H16BrN3/c15-11-6-3-7-12(8-11)18-14(16)9-13(17-18)10-4-1-2-5-10/h3,6-10H,1-2,4-5,16H2. The fourth-order valence-corrected chi connectivity index (χ4v) is 3.04. The molecule has 1 aromatic carbocycles. The van der Waals surface area contributed by atoms with E-state index in [9.17, 15) is 0 Å². The molecule has 1 aromatic heterocycles. The van der Waals surface area contributed by atoms with Crippen molar-refractivity contribution in [3.8, 4) is 5.69 Å². The van der Waals surface area contributed by atoms with E-state index in [0.717, 1.165) is 21.7 Å². The summed E-state index contributed by atoms with van der Waals surface area (Å²) in [6.07, 6.45) is 5.12. The largest absolute Gasteiger partial charge is 0.384 e. The lowest BCUT2D eigenvalue weighted by atomic mass is 10.1. The van der Waals surface area contributed by atoms with Crippen LogP contribution < -0.4 is 5.73 Å². The summed E-state index contributed by atoms with van der Waals surface area (Å²) in [6, 6.07) is 10.1. The van der Waals surface area contributed by atoms with Crippen LogP contribution in [0.2, 0.25) is 0 Å². The second-order valence-corrected chi connectivity index (χ2v) is 5.78. The lowest BCUT2D eigenvalue weighted by Crippen LogP contribution is -2.02. The molecule has 1 saturated carbocycles. The molecule has 0 saturated heterocycles. The van der Waals surface area contributed by atoms with Crippen LogP contribution >= 0.6 is 15.9 Å². The van der Waals surface area contributed by atoms with Crippen LogP contribution in [-0.4, -0.2) is 9.78 Å². The molecule has 0 bridgehead atoms. The van der Waals surface area contributed by atoms with Crippen molar-refractivity contribution in [1.29, 1.82) is 0 Å². The van der Waals surface area contributed by atoms with E-state index in [2.05, 4.69) is 21.0 Å². The number of hydrogen-bond donors (Lipinski definition) is 1. The van der Waals surface area contributed by atoms with Crippen LogP contribution in [0.5, 0.6) is 0 Å². The van der Waals surface area contributed by atoms with Crippen molar-refractivity contribution < 1.29 is 0 Å². The van der Waals surface area contributed by atoms with Crippen LogP contribution in [0.4, 0.5) is 5.82 Å². The van der Waals surface area contributed by atoms with Gasteiger partial charge in [0.05, 0.1) is 11.4 Å². The van der Waals surface area contributed by atoms with Gasteiger partial charge >= 0.3 is 0 Å². The van der Waals surface area contributed by atoms with Gasteiger partial charge in [-0.1, -0.05) is 34.8 Å². The zero-order valence-corrected chi connectivity index (χ0v) is 11.7. The molecule has 18 heavy (non-hydrogen) atoms. The van der Waals surface area contributed by atoms with Gasteiger partial charge in [0.15, 0.2) is 0 Å². The van der Waals surface area contributed by atoms with E-state index < -0.39 is 0 Å². The summed E-state index contributed by atoms with van der Waals surface area (Å²) in [6.45, 7) is 0. The molecule has 0 aliphatic heterocycles. The molecule has 3 nitrogen and oxygen atoms in total. The number of nitrogens with zero attached hydrogens (tertiary/aromatic N) is 2. The summed E-state index contributed by atoms with van der Waals surface area (Å²) in [7, 11) is 0. The van der Waals surface area contributed by atoms with Crippen LogP contribution in [0.15, 0.2) is 34.8 Å². The van der Waals surface area contributed by atoms with E-state index in [4.69, 9.17) is 5.73 Å². The van der Waals surface area contributed by atoms with E-state index in [-0.39, 0.29) is 0 Å². The number of nitrogen functional groups attached to an aromatic ring is 1. The molecule has 94 valence electrons. The Balaban J connectivity index is 1.97. The first-order valence-corrected chi connectivity index (χ1v) is 7.15. The molecule has 0 unspecified atom stereocenters. The third kappa shape index (κ3) is 2.17. The van der Waals surface area contributed by atoms with Gasteiger partial charge < -0.3 is 5.73 Å². The van der Waals surface area contributed by atoms with Crippen molar-refractivity contribution in [2.75, 3.05) is 5.73 Å². The Morgan fingerprint density at radius 3 is 2.72 bits per heavy atom. The molecule has 0 spiro atoms. The molecular weight excluding hydrogens is 290 g/mol. The molecule has 0 radical (unpaired) electrons. The third-order valence-electron chi connectivity index (χ3n) is 3.58. The van der Waals surface area contributed by atoms with E-state index in [1.54, 1.807) is 0 Å². The molecule has 4 heteroatoms. The average molecular weight is 306 g/mol. The number of aromatic nitrogens is 2. The maximum absolute atomic E-state index is 6.08. The van der Waals surface area contributed by atoms with Crippen LogP contribution in [0.1, 0.15) is 37.3 Å². The summed E-state index contributed by atoms with van der Waals surface area (Å²) in [4.78, 5) is 0. The van der Waals surface area contributed by atoms with Gasteiger partial charge in [-0.15, -0.1) is 0 Å². The van der Waals surface area contributed by atoms with E-state index in [1.807, 2.05) is 35.0 Å². The molecule has 2 aromatic rings. The Hall–Kier alpha value is -1.29. The highest BCUT2D eigenvalue weighted by Gasteiger charge is 2.21. The van der Waals surface area contributed by atoms with Crippen LogP contribution in [0, 0.1) is 0 Å². The highest BCUT2D eigenvalue weighted by molar-refractivity contribution is 9.10. The van der Waals surface area contributed by atoms with Crippen molar-refractivity contribution in [3.05, 3.63) is 40.5 Å². The van der Waals surface area contributed by atoms with Gasteiger partial charge in [0.1, 0.15) is 5.82 Å². The number of hydrogen-bond acceptors (Lipinski definition) is 2.